The number of carbonyl (C=O) groups excluding carboxylic acids is 3. The molecule has 2 aromatic carbocycles. The average molecular weight is 462 g/mol. The smallest absolute Gasteiger partial charge is 0.244 e. The number of likely N-dealkylation sites (N-methyl/N-ethyl adjacent to an activating group) is 1. The molecule has 3 amide bonds. The van der Waals surface area contributed by atoms with E-state index in [1.165, 1.54) is 4.90 Å². The lowest BCUT2D eigenvalue weighted by Gasteiger charge is -2.24. The minimum Gasteiger partial charge on any atom is -0.338 e. The molecule has 1 fully saturated rings. The number of hydrogen-bond acceptors (Lipinski definition) is 3. The van der Waals surface area contributed by atoms with Gasteiger partial charge in [-0.15, -0.1) is 0 Å². The Morgan fingerprint density at radius 1 is 1.13 bits per heavy atom. The second-order valence-electron chi connectivity index (χ2n) is 7.66. The lowest BCUT2D eigenvalue weighted by Crippen LogP contribution is -2.42. The Bertz CT molecular complexity index is 958. The summed E-state index contributed by atoms with van der Waals surface area (Å²) in [4.78, 5) is 41.1. The van der Waals surface area contributed by atoms with E-state index in [4.69, 9.17) is 23.2 Å². The van der Waals surface area contributed by atoms with Crippen molar-refractivity contribution in [2.24, 2.45) is 5.92 Å². The molecule has 0 spiro atoms. The molecule has 0 saturated carbocycles. The van der Waals surface area contributed by atoms with Gasteiger partial charge in [-0.2, -0.15) is 0 Å². The van der Waals surface area contributed by atoms with Crippen LogP contribution in [0.5, 0.6) is 0 Å². The fourth-order valence-corrected chi connectivity index (χ4v) is 4.07. The molecular weight excluding hydrogens is 437 g/mol. The van der Waals surface area contributed by atoms with Gasteiger partial charge in [0.15, 0.2) is 0 Å². The van der Waals surface area contributed by atoms with Gasteiger partial charge >= 0.3 is 0 Å². The largest absolute Gasteiger partial charge is 0.338 e. The van der Waals surface area contributed by atoms with Crippen molar-refractivity contribution in [3.05, 3.63) is 63.6 Å². The van der Waals surface area contributed by atoms with Gasteiger partial charge in [0.05, 0.1) is 28.2 Å². The molecule has 0 radical (unpaired) electrons. The van der Waals surface area contributed by atoms with E-state index in [2.05, 4.69) is 5.32 Å². The molecule has 3 rings (SSSR count). The summed E-state index contributed by atoms with van der Waals surface area (Å²) in [6.45, 7) is 4.84. The third-order valence-corrected chi connectivity index (χ3v) is 5.94. The first-order chi connectivity index (χ1) is 14.8. The molecule has 1 saturated heterocycles. The normalized spacial score (nSPS) is 15.8. The van der Waals surface area contributed by atoms with E-state index < -0.39 is 11.8 Å². The molecule has 0 aliphatic carbocycles. The first-order valence-electron chi connectivity index (χ1n) is 10.1. The highest BCUT2D eigenvalue weighted by Crippen LogP contribution is 2.30. The zero-order valence-electron chi connectivity index (χ0n) is 17.5. The summed E-state index contributed by atoms with van der Waals surface area (Å²) in [5.41, 5.74) is 2.49. The Balaban J connectivity index is 1.60. The average Bonchev–Trinajstić information content (AvgIpc) is 3.10. The van der Waals surface area contributed by atoms with E-state index >= 15 is 0 Å². The number of halogens is 2. The van der Waals surface area contributed by atoms with Gasteiger partial charge in [-0.05, 0) is 31.5 Å². The summed E-state index contributed by atoms with van der Waals surface area (Å²) in [7, 11) is 0. The van der Waals surface area contributed by atoms with E-state index in [1.807, 2.05) is 31.2 Å². The number of rotatable bonds is 7. The summed E-state index contributed by atoms with van der Waals surface area (Å²) in [6, 6.07) is 12.9. The van der Waals surface area contributed by atoms with Crippen LogP contribution in [0.4, 0.5) is 5.69 Å². The predicted molar refractivity (Wildman–Crippen MR) is 122 cm³/mol. The lowest BCUT2D eigenvalue weighted by atomic mass is 10.1. The predicted octanol–water partition coefficient (Wildman–Crippen LogP) is 4.14. The van der Waals surface area contributed by atoms with E-state index in [0.717, 1.165) is 11.1 Å². The van der Waals surface area contributed by atoms with Gasteiger partial charge in [0.1, 0.15) is 0 Å². The van der Waals surface area contributed by atoms with Crippen molar-refractivity contribution < 1.29 is 14.4 Å². The first-order valence-corrected chi connectivity index (χ1v) is 10.9. The highest BCUT2D eigenvalue weighted by molar-refractivity contribution is 6.39. The molecule has 8 heteroatoms. The summed E-state index contributed by atoms with van der Waals surface area (Å²) in [5, 5.41) is 3.31. The standard InChI is InChI=1S/C23H25Cl2N3O3/c1-3-27(14-20(29)26-22-18(24)5-4-6-19(22)25)23(31)17-11-21(30)28(13-17)12-16-9-7-15(2)8-10-16/h4-10,17H,3,11-14H2,1-2H3,(H,26,29). The second-order valence-corrected chi connectivity index (χ2v) is 8.47. The van der Waals surface area contributed by atoms with Crippen LogP contribution in [0.15, 0.2) is 42.5 Å². The number of likely N-dealkylation sites (tertiary alicyclic amines) is 1. The van der Waals surface area contributed by atoms with Crippen molar-refractivity contribution >= 4 is 46.6 Å². The molecule has 1 heterocycles. The molecule has 0 aromatic heterocycles. The number of para-hydroxylation sites is 1. The third kappa shape index (κ3) is 5.77. The van der Waals surface area contributed by atoms with Crippen molar-refractivity contribution in [2.45, 2.75) is 26.8 Å². The minimum absolute atomic E-state index is 0.0534. The molecule has 1 N–H and O–H groups in total. The topological polar surface area (TPSA) is 69.7 Å². The van der Waals surface area contributed by atoms with E-state index in [0.29, 0.717) is 35.4 Å². The first kappa shape index (κ1) is 23.1. The molecule has 1 aliphatic heterocycles. The van der Waals surface area contributed by atoms with Crippen LogP contribution in [-0.2, 0) is 20.9 Å². The van der Waals surface area contributed by atoms with Crippen LogP contribution >= 0.6 is 23.2 Å². The van der Waals surface area contributed by atoms with E-state index in [9.17, 15) is 14.4 Å². The fraction of sp³-hybridized carbons (Fsp3) is 0.348. The van der Waals surface area contributed by atoms with E-state index in [-0.39, 0.29) is 24.8 Å². The molecule has 31 heavy (non-hydrogen) atoms. The number of nitrogens with zero attached hydrogens (tertiary/aromatic N) is 2. The van der Waals surface area contributed by atoms with Crippen LogP contribution < -0.4 is 5.32 Å². The number of amides is 3. The number of benzene rings is 2. The van der Waals surface area contributed by atoms with Crippen LogP contribution in [0.1, 0.15) is 24.5 Å². The van der Waals surface area contributed by atoms with Gasteiger partial charge in [-0.1, -0.05) is 59.1 Å². The quantitative estimate of drug-likeness (QED) is 0.673. The highest BCUT2D eigenvalue weighted by Gasteiger charge is 2.36. The van der Waals surface area contributed by atoms with Crippen molar-refractivity contribution in [2.75, 3.05) is 25.0 Å². The molecule has 1 atom stereocenters. The van der Waals surface area contributed by atoms with Crippen LogP contribution in [0.2, 0.25) is 10.0 Å². The number of nitrogens with one attached hydrogen (secondary N) is 1. The molecule has 6 nitrogen and oxygen atoms in total. The van der Waals surface area contributed by atoms with Gasteiger partial charge in [-0.25, -0.2) is 0 Å². The SMILES string of the molecule is CCN(CC(=O)Nc1c(Cl)cccc1Cl)C(=O)C1CC(=O)N(Cc2ccc(C)cc2)C1. The second kappa shape index (κ2) is 10.2. The molecule has 1 unspecified atom stereocenters. The van der Waals surface area contributed by atoms with Crippen LogP contribution in [-0.4, -0.2) is 47.2 Å². The maximum atomic E-state index is 13.0. The van der Waals surface area contributed by atoms with Crippen molar-refractivity contribution in [1.82, 2.24) is 9.80 Å². The lowest BCUT2D eigenvalue weighted by molar-refractivity contribution is -0.138. The molecule has 2 aromatic rings. The minimum atomic E-state index is -0.463. The van der Waals surface area contributed by atoms with Crippen LogP contribution in [0.25, 0.3) is 0 Å². The van der Waals surface area contributed by atoms with E-state index in [1.54, 1.807) is 30.0 Å². The Hall–Kier alpha value is -2.57. The molecule has 164 valence electrons. The highest BCUT2D eigenvalue weighted by atomic mass is 35.5. The summed E-state index contributed by atoms with van der Waals surface area (Å²) in [6.07, 6.45) is 0.152. The number of hydrogen-bond donors (Lipinski definition) is 1. The van der Waals surface area contributed by atoms with Gasteiger partial charge in [0.25, 0.3) is 0 Å². The van der Waals surface area contributed by atoms with Gasteiger partial charge in [-0.3, -0.25) is 14.4 Å². The summed E-state index contributed by atoms with van der Waals surface area (Å²) in [5.74, 6) is -1.12. The maximum absolute atomic E-state index is 13.0. The summed E-state index contributed by atoms with van der Waals surface area (Å²) >= 11 is 12.2. The monoisotopic (exact) mass is 461 g/mol. The van der Waals surface area contributed by atoms with Crippen molar-refractivity contribution in [1.29, 1.82) is 0 Å². The van der Waals surface area contributed by atoms with Crippen LogP contribution in [0, 0.1) is 12.8 Å². The van der Waals surface area contributed by atoms with Crippen LogP contribution in [0.3, 0.4) is 0 Å². The maximum Gasteiger partial charge on any atom is 0.244 e. The van der Waals surface area contributed by atoms with Gasteiger partial charge in [0, 0.05) is 26.1 Å². The fourth-order valence-electron chi connectivity index (χ4n) is 3.58. The Labute approximate surface area is 192 Å². The third-order valence-electron chi connectivity index (χ3n) is 5.31. The zero-order valence-corrected chi connectivity index (χ0v) is 19.0. The zero-order chi connectivity index (χ0) is 22.5. The Kier molecular flexibility index (Phi) is 7.57. The summed E-state index contributed by atoms with van der Waals surface area (Å²) < 4.78 is 0. The molecule has 1 aliphatic rings. The molecule has 0 bridgehead atoms. The number of aryl methyl sites for hydroxylation is 1. The van der Waals surface area contributed by atoms with Crippen molar-refractivity contribution in [3.8, 4) is 0 Å². The number of carbonyl (C=O) groups is 3. The Morgan fingerprint density at radius 2 is 1.77 bits per heavy atom. The number of anilines is 1. The van der Waals surface area contributed by atoms with Gasteiger partial charge in [0.2, 0.25) is 17.7 Å². The Morgan fingerprint density at radius 3 is 2.39 bits per heavy atom. The molecular formula is C23H25Cl2N3O3. The van der Waals surface area contributed by atoms with Crippen molar-refractivity contribution in [3.63, 3.8) is 0 Å². The van der Waals surface area contributed by atoms with Gasteiger partial charge < -0.3 is 15.1 Å².